The highest BCUT2D eigenvalue weighted by atomic mass is 35.5. The van der Waals surface area contributed by atoms with Gasteiger partial charge in [-0.1, -0.05) is 22.8 Å². The monoisotopic (exact) mass is 553 g/mol. The predicted molar refractivity (Wildman–Crippen MR) is 116 cm³/mol. The van der Waals surface area contributed by atoms with Crippen LogP contribution in [0.5, 0.6) is 0 Å². The smallest absolute Gasteiger partial charge is 0.381 e. The Kier molecular flexibility index (Phi) is 6.27. The van der Waals surface area contributed by atoms with Gasteiger partial charge in [0, 0.05) is 17.3 Å². The van der Waals surface area contributed by atoms with Gasteiger partial charge in [0.25, 0.3) is 11.5 Å². The lowest BCUT2D eigenvalue weighted by Gasteiger charge is -2.45. The minimum Gasteiger partial charge on any atom is -0.381 e. The number of hydrogen-bond acceptors (Lipinski definition) is 5. The zero-order valence-corrected chi connectivity index (χ0v) is 20.0. The maximum Gasteiger partial charge on any atom is 0.435 e. The first kappa shape index (κ1) is 27.1. The van der Waals surface area contributed by atoms with E-state index in [9.17, 15) is 36.2 Å². The predicted octanol–water partition coefficient (Wildman–Crippen LogP) is 5.11. The van der Waals surface area contributed by atoms with Crippen LogP contribution in [0.1, 0.15) is 42.7 Å². The molecule has 1 fully saturated rings. The lowest BCUT2D eigenvalue weighted by molar-refractivity contribution is -0.276. The van der Waals surface area contributed by atoms with E-state index in [-0.39, 0.29) is 36.1 Å². The van der Waals surface area contributed by atoms with Crippen molar-refractivity contribution >= 4 is 23.2 Å². The van der Waals surface area contributed by atoms with Crippen molar-refractivity contribution < 1.29 is 45.5 Å². The van der Waals surface area contributed by atoms with Crippen molar-refractivity contribution in [1.82, 2.24) is 9.88 Å². The van der Waals surface area contributed by atoms with E-state index in [2.05, 4.69) is 10.1 Å². The van der Waals surface area contributed by atoms with Crippen molar-refractivity contribution in [2.24, 2.45) is 5.16 Å². The number of hydrogen-bond donors (Lipinski definition) is 1. The third-order valence-electron chi connectivity index (χ3n) is 6.17. The van der Waals surface area contributed by atoms with E-state index in [1.54, 1.807) is 0 Å². The maximum atomic E-state index is 15.2. The lowest BCUT2D eigenvalue weighted by atomic mass is 9.85. The number of oxime groups is 1. The molecule has 200 valence electrons. The lowest BCUT2D eigenvalue weighted by Crippen LogP contribution is -2.62. The average molecular weight is 554 g/mol. The van der Waals surface area contributed by atoms with Gasteiger partial charge in [0.05, 0.1) is 41.5 Å². The molecule has 1 saturated heterocycles. The van der Waals surface area contributed by atoms with E-state index >= 15 is 4.39 Å². The number of alkyl halides is 7. The van der Waals surface area contributed by atoms with Crippen LogP contribution in [0.15, 0.2) is 41.7 Å². The van der Waals surface area contributed by atoms with Crippen LogP contribution in [0.25, 0.3) is 0 Å². The number of aromatic nitrogens is 1. The molecule has 2 aliphatic heterocycles. The summed E-state index contributed by atoms with van der Waals surface area (Å²) in [6.45, 7) is 1.78. The molecule has 0 bridgehead atoms. The first-order valence-electron chi connectivity index (χ1n) is 10.7. The summed E-state index contributed by atoms with van der Waals surface area (Å²) in [6.07, 6.45) is -10.1. The van der Waals surface area contributed by atoms with Gasteiger partial charge < -0.3 is 14.8 Å². The fourth-order valence-corrected chi connectivity index (χ4v) is 4.36. The molecule has 6 nitrogen and oxygen atoms in total. The largest absolute Gasteiger partial charge is 0.435 e. The molecule has 0 radical (unpaired) electrons. The van der Waals surface area contributed by atoms with E-state index in [0.29, 0.717) is 6.07 Å². The quantitative estimate of drug-likeness (QED) is 0.534. The number of nitrogens with zero attached hydrogens (tertiary/aromatic N) is 3. The van der Waals surface area contributed by atoms with Crippen molar-refractivity contribution in [3.8, 4) is 0 Å². The number of pyridine rings is 1. The molecule has 14 heteroatoms. The second-order valence-corrected chi connectivity index (χ2v) is 9.85. The number of halogens is 8. The van der Waals surface area contributed by atoms with Gasteiger partial charge in [-0.3, -0.25) is 9.78 Å². The second kappa shape index (κ2) is 8.55. The molecule has 1 atom stereocenters. The van der Waals surface area contributed by atoms with E-state index < -0.39 is 57.7 Å². The Morgan fingerprint density at radius 3 is 2.27 bits per heavy atom. The molecule has 2 aliphatic rings. The van der Waals surface area contributed by atoms with E-state index in [1.807, 2.05) is 0 Å². The highest BCUT2D eigenvalue weighted by Crippen LogP contribution is 2.50. The third-order valence-corrected chi connectivity index (χ3v) is 6.50. The molecule has 3 heterocycles. The summed E-state index contributed by atoms with van der Waals surface area (Å²) in [5, 5.41) is 12.5. The molecular weight excluding hydrogens is 535 g/mol. The number of amides is 1. The standard InChI is InChI=1S/C23H19ClF7N3O3/c1-19(2,36)18(35)34-10-20(25,11-34)17-6-3-12(9-32-17)16-8-21(37-33-16,23(29,30)31)13-4-5-15(24)14(7-13)22(26,27)28/h3-7,9,36H,8,10-11H2,1-2H3. The Labute approximate surface area is 210 Å². The van der Waals surface area contributed by atoms with Gasteiger partial charge >= 0.3 is 12.4 Å². The van der Waals surface area contributed by atoms with Crippen LogP contribution >= 0.6 is 11.6 Å². The number of carbonyl (C=O) groups is 1. The maximum absolute atomic E-state index is 15.2. The van der Waals surface area contributed by atoms with Crippen molar-refractivity contribution in [2.75, 3.05) is 13.1 Å². The van der Waals surface area contributed by atoms with Gasteiger partial charge in [0.1, 0.15) is 5.60 Å². The van der Waals surface area contributed by atoms with Crippen molar-refractivity contribution in [3.05, 3.63) is 63.9 Å². The summed E-state index contributed by atoms with van der Waals surface area (Å²) >= 11 is 5.54. The molecule has 0 aliphatic carbocycles. The summed E-state index contributed by atoms with van der Waals surface area (Å²) in [5.41, 5.74) is -9.54. The van der Waals surface area contributed by atoms with E-state index in [0.717, 1.165) is 17.2 Å². The molecule has 0 spiro atoms. The first-order chi connectivity index (χ1) is 16.9. The first-order valence-corrected chi connectivity index (χ1v) is 11.1. The number of carbonyl (C=O) groups excluding carboxylic acids is 1. The minimum absolute atomic E-state index is 0.0345. The molecule has 2 aromatic rings. The Morgan fingerprint density at radius 2 is 1.76 bits per heavy atom. The van der Waals surface area contributed by atoms with Gasteiger partial charge in [-0.25, -0.2) is 4.39 Å². The zero-order valence-electron chi connectivity index (χ0n) is 19.2. The van der Waals surface area contributed by atoms with Crippen LogP contribution in [0.2, 0.25) is 5.02 Å². The number of benzene rings is 1. The Balaban J connectivity index is 1.57. The molecule has 1 aromatic carbocycles. The second-order valence-electron chi connectivity index (χ2n) is 9.44. The van der Waals surface area contributed by atoms with Crippen LogP contribution < -0.4 is 0 Å². The molecule has 37 heavy (non-hydrogen) atoms. The van der Waals surface area contributed by atoms with Crippen LogP contribution in [-0.2, 0) is 27.1 Å². The van der Waals surface area contributed by atoms with E-state index in [1.165, 1.54) is 26.0 Å². The van der Waals surface area contributed by atoms with Crippen LogP contribution in [-0.4, -0.2) is 51.5 Å². The summed E-state index contributed by atoms with van der Waals surface area (Å²) < 4.78 is 97.4. The average Bonchev–Trinajstić information content (AvgIpc) is 3.22. The van der Waals surface area contributed by atoms with Crippen LogP contribution in [0, 0.1) is 0 Å². The minimum atomic E-state index is -5.16. The molecule has 1 unspecified atom stereocenters. The van der Waals surface area contributed by atoms with Gasteiger partial charge in [-0.05, 0) is 38.1 Å². The molecule has 0 saturated carbocycles. The fourth-order valence-electron chi connectivity index (χ4n) is 4.13. The Morgan fingerprint density at radius 1 is 1.11 bits per heavy atom. The number of likely N-dealkylation sites (tertiary alicyclic amines) is 1. The van der Waals surface area contributed by atoms with E-state index in [4.69, 9.17) is 16.4 Å². The molecule has 1 aromatic heterocycles. The van der Waals surface area contributed by atoms with Crippen molar-refractivity contribution in [1.29, 1.82) is 0 Å². The normalized spacial score (nSPS) is 21.8. The van der Waals surface area contributed by atoms with Crippen LogP contribution in [0.4, 0.5) is 30.7 Å². The molecular formula is C23H19ClF7N3O3. The fraction of sp³-hybridized carbons (Fsp3) is 0.435. The summed E-state index contributed by atoms with van der Waals surface area (Å²) in [5.74, 6) is -0.672. The van der Waals surface area contributed by atoms with Crippen molar-refractivity contribution in [2.45, 2.75) is 49.5 Å². The van der Waals surface area contributed by atoms with Gasteiger partial charge in [-0.2, -0.15) is 26.3 Å². The van der Waals surface area contributed by atoms with Crippen molar-refractivity contribution in [3.63, 3.8) is 0 Å². The molecule has 1 N–H and O–H groups in total. The zero-order chi connectivity index (χ0) is 27.6. The van der Waals surface area contributed by atoms with Gasteiger partial charge in [-0.15, -0.1) is 0 Å². The Bertz CT molecular complexity index is 1250. The highest BCUT2D eigenvalue weighted by molar-refractivity contribution is 6.31. The summed E-state index contributed by atoms with van der Waals surface area (Å²) in [6, 6.07) is 4.23. The SMILES string of the molecule is CC(C)(O)C(=O)N1CC(F)(c2ccc(C3=NOC(c4ccc(Cl)c(C(F)(F)F)c4)(C(F)(F)F)C3)cn2)C1. The molecule has 4 rings (SSSR count). The topological polar surface area (TPSA) is 75.0 Å². The number of rotatable bonds is 4. The highest BCUT2D eigenvalue weighted by Gasteiger charge is 2.62. The number of aliphatic hydroxyl groups is 1. The third kappa shape index (κ3) is 4.74. The van der Waals surface area contributed by atoms with Gasteiger partial charge in [0.2, 0.25) is 0 Å². The molecule has 1 amide bonds. The Hall–Kier alpha value is -2.93. The van der Waals surface area contributed by atoms with Gasteiger partial charge in [0.15, 0.2) is 5.67 Å². The van der Waals surface area contributed by atoms with Crippen LogP contribution in [0.3, 0.4) is 0 Å². The summed E-state index contributed by atoms with van der Waals surface area (Å²) in [7, 11) is 0. The summed E-state index contributed by atoms with van der Waals surface area (Å²) in [4.78, 5) is 21.9.